The van der Waals surface area contributed by atoms with Crippen molar-refractivity contribution in [1.82, 2.24) is 34.6 Å². The summed E-state index contributed by atoms with van der Waals surface area (Å²) in [6, 6.07) is 8.17. The third-order valence-corrected chi connectivity index (χ3v) is 5.93. The molecule has 0 saturated carbocycles. The number of fused-ring (bicyclic) bond motifs is 2. The van der Waals surface area contributed by atoms with E-state index in [0.717, 1.165) is 30.9 Å². The molecule has 1 aliphatic rings. The van der Waals surface area contributed by atoms with Crippen molar-refractivity contribution in [3.05, 3.63) is 76.5 Å². The molecule has 0 saturated heterocycles. The fourth-order valence-corrected chi connectivity index (χ4v) is 4.13. The van der Waals surface area contributed by atoms with Gasteiger partial charge in [-0.25, -0.2) is 19.6 Å². The third kappa shape index (κ3) is 3.99. The molecule has 0 bridgehead atoms. The maximum Gasteiger partial charge on any atom is 0.278 e. The Morgan fingerprint density at radius 1 is 1.18 bits per heavy atom. The average Bonchev–Trinajstić information content (AvgIpc) is 3.10. The number of nitrogens with one attached hydrogen (secondary N) is 2. The van der Waals surface area contributed by atoms with Gasteiger partial charge in [0.25, 0.3) is 11.5 Å². The number of hydrogen-bond donors (Lipinski definition) is 2. The summed E-state index contributed by atoms with van der Waals surface area (Å²) in [6.45, 7) is 12.2. The summed E-state index contributed by atoms with van der Waals surface area (Å²) in [5.74, 6) is 0.776. The van der Waals surface area contributed by atoms with E-state index in [4.69, 9.17) is 9.97 Å². The number of anilines is 2. The van der Waals surface area contributed by atoms with Gasteiger partial charge >= 0.3 is 0 Å². The largest absolute Gasteiger partial charge is 0.324 e. The first-order chi connectivity index (χ1) is 16.3. The topological polar surface area (TPSA) is 103 Å². The Hall–Kier alpha value is -3.85. The Kier molecular flexibility index (Phi) is 5.49. The molecule has 1 aliphatic heterocycles. The maximum absolute atomic E-state index is 13.2. The molecule has 4 heterocycles. The molecule has 1 aromatic carbocycles. The van der Waals surface area contributed by atoms with Crippen LogP contribution in [-0.2, 0) is 24.9 Å². The van der Waals surface area contributed by atoms with E-state index < -0.39 is 0 Å². The third-order valence-electron chi connectivity index (χ3n) is 5.93. The van der Waals surface area contributed by atoms with Crippen LogP contribution in [-0.4, -0.2) is 35.8 Å². The van der Waals surface area contributed by atoms with Crippen molar-refractivity contribution in [2.75, 3.05) is 11.9 Å². The molecule has 9 heteroatoms. The van der Waals surface area contributed by atoms with E-state index in [1.165, 1.54) is 15.8 Å². The second kappa shape index (κ2) is 8.49. The van der Waals surface area contributed by atoms with Gasteiger partial charge in [0.05, 0.1) is 12.2 Å². The Morgan fingerprint density at radius 3 is 2.82 bits per heavy atom. The minimum absolute atomic E-state index is 0.173. The van der Waals surface area contributed by atoms with Gasteiger partial charge in [-0.05, 0) is 42.3 Å². The van der Waals surface area contributed by atoms with Crippen molar-refractivity contribution in [2.45, 2.75) is 45.7 Å². The van der Waals surface area contributed by atoms with Gasteiger partial charge in [-0.15, -0.1) is 6.58 Å². The van der Waals surface area contributed by atoms with E-state index in [2.05, 4.69) is 60.1 Å². The van der Waals surface area contributed by atoms with E-state index >= 15 is 0 Å². The van der Waals surface area contributed by atoms with Crippen LogP contribution in [0.4, 0.5) is 11.6 Å². The number of rotatable bonds is 5. The molecule has 34 heavy (non-hydrogen) atoms. The highest BCUT2D eigenvalue weighted by Crippen LogP contribution is 2.23. The normalized spacial score (nSPS) is 13.6. The van der Waals surface area contributed by atoms with Crippen molar-refractivity contribution < 1.29 is 0 Å². The lowest BCUT2D eigenvalue weighted by atomic mass is 9.92. The quantitative estimate of drug-likeness (QED) is 0.445. The zero-order chi connectivity index (χ0) is 23.9. The second-order valence-corrected chi connectivity index (χ2v) is 9.45. The van der Waals surface area contributed by atoms with Gasteiger partial charge in [0, 0.05) is 30.0 Å². The molecule has 0 spiro atoms. The van der Waals surface area contributed by atoms with Crippen LogP contribution in [0.25, 0.3) is 17.0 Å². The van der Waals surface area contributed by atoms with Gasteiger partial charge in [-0.2, -0.15) is 9.67 Å². The van der Waals surface area contributed by atoms with E-state index in [9.17, 15) is 4.79 Å². The van der Waals surface area contributed by atoms with Gasteiger partial charge in [0.1, 0.15) is 5.39 Å². The molecular weight excluding hydrogens is 428 g/mol. The lowest BCUT2D eigenvalue weighted by Gasteiger charge is -2.19. The molecule has 9 nitrogen and oxygen atoms in total. The molecule has 0 atom stereocenters. The van der Waals surface area contributed by atoms with Crippen LogP contribution in [0.2, 0.25) is 0 Å². The molecule has 0 radical (unpaired) electrons. The smallest absolute Gasteiger partial charge is 0.278 e. The van der Waals surface area contributed by atoms with E-state index in [1.54, 1.807) is 23.2 Å². The molecule has 0 amide bonds. The van der Waals surface area contributed by atoms with Gasteiger partial charge in [0.15, 0.2) is 5.65 Å². The number of nitrogens with zero attached hydrogens (tertiary/aromatic N) is 6. The van der Waals surface area contributed by atoms with Gasteiger partial charge in [-0.1, -0.05) is 32.9 Å². The van der Waals surface area contributed by atoms with Crippen molar-refractivity contribution >= 4 is 22.7 Å². The monoisotopic (exact) mass is 456 g/mol. The minimum Gasteiger partial charge on any atom is -0.324 e. The first-order valence-corrected chi connectivity index (χ1v) is 11.4. The number of benzene rings is 1. The Labute approximate surface area is 197 Å². The predicted molar refractivity (Wildman–Crippen MR) is 133 cm³/mol. The Balaban J connectivity index is 1.62. The summed E-state index contributed by atoms with van der Waals surface area (Å²) in [5, 5.41) is 7.08. The highest BCUT2D eigenvalue weighted by atomic mass is 16.1. The molecule has 3 aromatic heterocycles. The van der Waals surface area contributed by atoms with Crippen LogP contribution < -0.4 is 16.2 Å². The van der Waals surface area contributed by atoms with Gasteiger partial charge < -0.3 is 10.6 Å². The first-order valence-electron chi connectivity index (χ1n) is 11.4. The Bertz CT molecular complexity index is 1440. The number of allylic oxidation sites excluding steroid dienone is 1. The minimum atomic E-state index is -0.217. The van der Waals surface area contributed by atoms with Gasteiger partial charge in [-0.3, -0.25) is 4.79 Å². The predicted octanol–water partition coefficient (Wildman–Crippen LogP) is 3.25. The van der Waals surface area contributed by atoms with E-state index in [-0.39, 0.29) is 11.0 Å². The van der Waals surface area contributed by atoms with Crippen LogP contribution in [0.3, 0.4) is 0 Å². The van der Waals surface area contributed by atoms with Crippen LogP contribution in [0.1, 0.15) is 37.6 Å². The fraction of sp³-hybridized carbons (Fsp3) is 0.320. The highest BCUT2D eigenvalue weighted by Gasteiger charge is 2.21. The van der Waals surface area contributed by atoms with Crippen molar-refractivity contribution in [3.63, 3.8) is 0 Å². The zero-order valence-electron chi connectivity index (χ0n) is 19.7. The molecule has 5 rings (SSSR count). The van der Waals surface area contributed by atoms with Gasteiger partial charge in [0.2, 0.25) is 5.95 Å². The number of hydrogen-bond acceptors (Lipinski definition) is 7. The van der Waals surface area contributed by atoms with Crippen molar-refractivity contribution in [2.24, 2.45) is 0 Å². The van der Waals surface area contributed by atoms with Crippen LogP contribution in [0.15, 0.2) is 54.1 Å². The SMILES string of the molecule is C=CCn1c(=O)c2cnc(Nc3ccc4c(c3)CNCC4)nc2n1-c1nccc(C(C)(C)C)n1. The number of aromatic nitrogens is 6. The summed E-state index contributed by atoms with van der Waals surface area (Å²) in [7, 11) is 0. The lowest BCUT2D eigenvalue weighted by Crippen LogP contribution is -2.24. The Morgan fingerprint density at radius 2 is 2.03 bits per heavy atom. The summed E-state index contributed by atoms with van der Waals surface area (Å²) >= 11 is 0. The molecule has 174 valence electrons. The summed E-state index contributed by atoms with van der Waals surface area (Å²) in [4.78, 5) is 31.5. The van der Waals surface area contributed by atoms with Crippen LogP contribution in [0.5, 0.6) is 0 Å². The highest BCUT2D eigenvalue weighted by molar-refractivity contribution is 5.76. The van der Waals surface area contributed by atoms with Crippen molar-refractivity contribution in [1.29, 1.82) is 0 Å². The molecule has 0 unspecified atom stereocenters. The maximum atomic E-state index is 13.2. The lowest BCUT2D eigenvalue weighted by molar-refractivity contribution is 0.547. The van der Waals surface area contributed by atoms with E-state index in [0.29, 0.717) is 29.5 Å². The average molecular weight is 457 g/mol. The molecule has 0 fully saturated rings. The van der Waals surface area contributed by atoms with Crippen LogP contribution in [0, 0.1) is 0 Å². The standard InChI is InChI=1S/C25H28N8O/c1-5-12-32-22(34)19-15-28-23(29-18-7-6-16-8-10-26-14-17(16)13-18)31-21(19)33(32)24-27-11-9-20(30-24)25(2,3)4/h5-7,9,11,13,15,26H,1,8,10,12,14H2,2-4H3,(H,28,29,31). The van der Waals surface area contributed by atoms with E-state index in [1.807, 2.05) is 12.1 Å². The van der Waals surface area contributed by atoms with Crippen LogP contribution >= 0.6 is 0 Å². The first kappa shape index (κ1) is 22.0. The summed E-state index contributed by atoms with van der Waals surface area (Å²) in [6.07, 6.45) is 5.95. The summed E-state index contributed by atoms with van der Waals surface area (Å²) < 4.78 is 3.18. The molecular formula is C25H28N8O. The summed E-state index contributed by atoms with van der Waals surface area (Å²) in [5.41, 5.74) is 4.43. The fourth-order valence-electron chi connectivity index (χ4n) is 4.13. The zero-order valence-corrected chi connectivity index (χ0v) is 19.7. The molecule has 2 N–H and O–H groups in total. The second-order valence-electron chi connectivity index (χ2n) is 9.45. The van der Waals surface area contributed by atoms with Crippen molar-refractivity contribution in [3.8, 4) is 5.95 Å². The molecule has 0 aliphatic carbocycles. The molecule has 4 aromatic rings.